The second-order valence-corrected chi connectivity index (χ2v) is 7.14. The largest absolute Gasteiger partial charge is 0.311 e. The molecule has 1 aliphatic heterocycles. The highest BCUT2D eigenvalue weighted by Gasteiger charge is 2.40. The van der Waals surface area contributed by atoms with Crippen LogP contribution >= 0.6 is 0 Å². The lowest BCUT2D eigenvalue weighted by atomic mass is 9.72. The first-order valence-electron chi connectivity index (χ1n) is 7.64. The summed E-state index contributed by atoms with van der Waals surface area (Å²) < 4.78 is 0. The van der Waals surface area contributed by atoms with E-state index in [1.54, 1.807) is 0 Å². The lowest BCUT2D eigenvalue weighted by Crippen LogP contribution is -2.58. The molecule has 2 unspecified atom stereocenters. The van der Waals surface area contributed by atoms with Gasteiger partial charge in [-0.25, -0.2) is 0 Å². The number of nitrogens with zero attached hydrogens (tertiary/aromatic N) is 1. The molecule has 0 amide bonds. The summed E-state index contributed by atoms with van der Waals surface area (Å²) in [6.07, 6.45) is 8.70. The standard InChI is InChI=1S/C15H28N2/c1-15(2)8-4-3-5-14(15)17-10-9-16-13(11-17)12-6-7-12/h12-14,16H,3-11H2,1-2H3. The van der Waals surface area contributed by atoms with E-state index < -0.39 is 0 Å². The van der Waals surface area contributed by atoms with Crippen molar-refractivity contribution < 1.29 is 0 Å². The third-order valence-corrected chi connectivity index (χ3v) is 5.32. The van der Waals surface area contributed by atoms with Crippen LogP contribution in [0.2, 0.25) is 0 Å². The molecule has 2 aliphatic carbocycles. The molecule has 0 aromatic rings. The van der Waals surface area contributed by atoms with Crippen LogP contribution in [0.3, 0.4) is 0 Å². The van der Waals surface area contributed by atoms with Crippen LogP contribution in [-0.4, -0.2) is 36.6 Å². The first-order valence-corrected chi connectivity index (χ1v) is 7.64. The van der Waals surface area contributed by atoms with E-state index in [-0.39, 0.29) is 0 Å². The van der Waals surface area contributed by atoms with Crippen LogP contribution in [0.25, 0.3) is 0 Å². The monoisotopic (exact) mass is 236 g/mol. The molecular weight excluding hydrogens is 208 g/mol. The van der Waals surface area contributed by atoms with E-state index in [1.807, 2.05) is 0 Å². The second kappa shape index (κ2) is 4.55. The van der Waals surface area contributed by atoms with Gasteiger partial charge in [-0.15, -0.1) is 0 Å². The quantitative estimate of drug-likeness (QED) is 0.793. The van der Waals surface area contributed by atoms with E-state index in [1.165, 1.54) is 58.2 Å². The van der Waals surface area contributed by atoms with Gasteiger partial charge in [0.05, 0.1) is 0 Å². The summed E-state index contributed by atoms with van der Waals surface area (Å²) >= 11 is 0. The molecule has 1 N–H and O–H groups in total. The minimum atomic E-state index is 0.545. The molecule has 3 fully saturated rings. The van der Waals surface area contributed by atoms with Crippen molar-refractivity contribution in [1.82, 2.24) is 10.2 Å². The van der Waals surface area contributed by atoms with Crippen LogP contribution < -0.4 is 5.32 Å². The predicted octanol–water partition coefficient (Wildman–Crippen LogP) is 2.64. The van der Waals surface area contributed by atoms with E-state index in [2.05, 4.69) is 24.1 Å². The fourth-order valence-electron chi connectivity index (χ4n) is 4.05. The maximum atomic E-state index is 3.74. The van der Waals surface area contributed by atoms with E-state index in [9.17, 15) is 0 Å². The molecule has 2 nitrogen and oxygen atoms in total. The molecular formula is C15H28N2. The van der Waals surface area contributed by atoms with Crippen molar-refractivity contribution in [3.8, 4) is 0 Å². The molecule has 1 heterocycles. The van der Waals surface area contributed by atoms with E-state index in [0.29, 0.717) is 5.41 Å². The van der Waals surface area contributed by atoms with Gasteiger partial charge in [-0.3, -0.25) is 4.90 Å². The zero-order valence-corrected chi connectivity index (χ0v) is 11.5. The maximum absolute atomic E-state index is 3.74. The number of hydrogen-bond donors (Lipinski definition) is 1. The van der Waals surface area contributed by atoms with Crippen molar-refractivity contribution in [1.29, 1.82) is 0 Å². The SMILES string of the molecule is CC1(C)CCCCC1N1CCNC(C2CC2)C1. The maximum Gasteiger partial charge on any atom is 0.0223 e. The van der Waals surface area contributed by atoms with Gasteiger partial charge in [-0.2, -0.15) is 0 Å². The Morgan fingerprint density at radius 2 is 1.94 bits per heavy atom. The fourth-order valence-corrected chi connectivity index (χ4v) is 4.05. The van der Waals surface area contributed by atoms with Crippen LogP contribution in [0.5, 0.6) is 0 Å². The van der Waals surface area contributed by atoms with Gasteiger partial charge in [0.1, 0.15) is 0 Å². The van der Waals surface area contributed by atoms with Gasteiger partial charge >= 0.3 is 0 Å². The lowest BCUT2D eigenvalue weighted by Gasteiger charge is -2.48. The Morgan fingerprint density at radius 3 is 2.65 bits per heavy atom. The Balaban J connectivity index is 1.65. The highest BCUT2D eigenvalue weighted by molar-refractivity contribution is 4.96. The van der Waals surface area contributed by atoms with Crippen LogP contribution in [0.15, 0.2) is 0 Å². The summed E-state index contributed by atoms with van der Waals surface area (Å²) in [5.41, 5.74) is 0.545. The molecule has 2 saturated carbocycles. The minimum Gasteiger partial charge on any atom is -0.311 e. The lowest BCUT2D eigenvalue weighted by molar-refractivity contribution is 0.0267. The minimum absolute atomic E-state index is 0.545. The Bertz CT molecular complexity index is 270. The fraction of sp³-hybridized carbons (Fsp3) is 1.00. The molecule has 3 rings (SSSR count). The smallest absolute Gasteiger partial charge is 0.0223 e. The topological polar surface area (TPSA) is 15.3 Å². The summed E-state index contributed by atoms with van der Waals surface area (Å²) in [5, 5.41) is 3.74. The summed E-state index contributed by atoms with van der Waals surface area (Å²) in [7, 11) is 0. The first kappa shape index (κ1) is 12.0. The third-order valence-electron chi connectivity index (χ3n) is 5.32. The molecule has 0 aromatic heterocycles. The van der Waals surface area contributed by atoms with Crippen LogP contribution in [0, 0.1) is 11.3 Å². The molecule has 98 valence electrons. The van der Waals surface area contributed by atoms with Crippen molar-refractivity contribution in [3.05, 3.63) is 0 Å². The Labute approximate surface area is 106 Å². The highest BCUT2D eigenvalue weighted by Crippen LogP contribution is 2.40. The molecule has 0 radical (unpaired) electrons. The Morgan fingerprint density at radius 1 is 1.12 bits per heavy atom. The summed E-state index contributed by atoms with van der Waals surface area (Å²) in [6, 6.07) is 1.65. The van der Waals surface area contributed by atoms with Crippen LogP contribution in [0.1, 0.15) is 52.4 Å². The number of rotatable bonds is 2. The van der Waals surface area contributed by atoms with Gasteiger partial charge in [-0.05, 0) is 37.0 Å². The van der Waals surface area contributed by atoms with Crippen molar-refractivity contribution in [2.45, 2.75) is 64.5 Å². The second-order valence-electron chi connectivity index (χ2n) is 7.14. The zero-order chi connectivity index (χ0) is 11.9. The molecule has 0 bridgehead atoms. The zero-order valence-electron chi connectivity index (χ0n) is 11.5. The van der Waals surface area contributed by atoms with Crippen molar-refractivity contribution >= 4 is 0 Å². The van der Waals surface area contributed by atoms with Gasteiger partial charge in [-0.1, -0.05) is 26.7 Å². The van der Waals surface area contributed by atoms with E-state index in [4.69, 9.17) is 0 Å². The number of hydrogen-bond acceptors (Lipinski definition) is 2. The molecule has 3 aliphatic rings. The van der Waals surface area contributed by atoms with E-state index in [0.717, 1.165) is 18.0 Å². The molecule has 0 spiro atoms. The van der Waals surface area contributed by atoms with Gasteiger partial charge in [0.15, 0.2) is 0 Å². The average Bonchev–Trinajstić information content (AvgIpc) is 3.12. The van der Waals surface area contributed by atoms with Crippen molar-refractivity contribution in [2.75, 3.05) is 19.6 Å². The Hall–Kier alpha value is -0.0800. The Kier molecular flexibility index (Phi) is 3.20. The first-order chi connectivity index (χ1) is 8.17. The number of nitrogens with one attached hydrogen (secondary N) is 1. The van der Waals surface area contributed by atoms with Gasteiger partial charge in [0.2, 0.25) is 0 Å². The van der Waals surface area contributed by atoms with Crippen molar-refractivity contribution in [3.63, 3.8) is 0 Å². The van der Waals surface area contributed by atoms with Crippen molar-refractivity contribution in [2.24, 2.45) is 11.3 Å². The van der Waals surface area contributed by atoms with E-state index >= 15 is 0 Å². The third kappa shape index (κ3) is 2.53. The van der Waals surface area contributed by atoms with Gasteiger partial charge in [0, 0.05) is 31.7 Å². The van der Waals surface area contributed by atoms with Gasteiger partial charge < -0.3 is 5.32 Å². The summed E-state index contributed by atoms with van der Waals surface area (Å²) in [5.74, 6) is 1.00. The molecule has 1 saturated heterocycles. The average molecular weight is 236 g/mol. The number of piperazine rings is 1. The molecule has 0 aromatic carbocycles. The molecule has 2 heteroatoms. The molecule has 2 atom stereocenters. The normalized spacial score (nSPS) is 39.2. The van der Waals surface area contributed by atoms with Crippen LogP contribution in [-0.2, 0) is 0 Å². The van der Waals surface area contributed by atoms with Gasteiger partial charge in [0.25, 0.3) is 0 Å². The predicted molar refractivity (Wildman–Crippen MR) is 72.1 cm³/mol. The van der Waals surface area contributed by atoms with Crippen LogP contribution in [0.4, 0.5) is 0 Å². The molecule has 17 heavy (non-hydrogen) atoms. The summed E-state index contributed by atoms with van der Waals surface area (Å²) in [4.78, 5) is 2.82. The summed E-state index contributed by atoms with van der Waals surface area (Å²) in [6.45, 7) is 8.79. The highest BCUT2D eigenvalue weighted by atomic mass is 15.2.